The van der Waals surface area contributed by atoms with Gasteiger partial charge in [-0.1, -0.05) is 32.8 Å². The summed E-state index contributed by atoms with van der Waals surface area (Å²) in [6, 6.07) is 10.5. The Bertz CT molecular complexity index is 950. The normalized spacial score (nSPS) is 21.1. The molecule has 2 aromatic carbocycles. The third-order valence-corrected chi connectivity index (χ3v) is 5.55. The smallest absolute Gasteiger partial charge is 0.263 e. The second kappa shape index (κ2) is 6.94. The molecule has 7 nitrogen and oxygen atoms in total. The maximum Gasteiger partial charge on any atom is 0.263 e. The molecule has 0 spiro atoms. The van der Waals surface area contributed by atoms with Gasteiger partial charge >= 0.3 is 0 Å². The molecule has 27 heavy (non-hydrogen) atoms. The first-order chi connectivity index (χ1) is 13.0. The van der Waals surface area contributed by atoms with Crippen molar-refractivity contribution in [2.45, 2.75) is 18.6 Å². The number of amides is 2. The van der Waals surface area contributed by atoms with Crippen LogP contribution in [0.1, 0.15) is 5.56 Å². The Kier molecular flexibility index (Phi) is 4.61. The molecule has 2 aliphatic heterocycles. The highest BCUT2D eigenvalue weighted by Gasteiger charge is 2.54. The minimum atomic E-state index is -0.836. The number of halogens is 2. The van der Waals surface area contributed by atoms with Gasteiger partial charge in [-0.05, 0) is 48.0 Å². The fourth-order valence-corrected chi connectivity index (χ4v) is 3.67. The number of fused-ring (bicyclic) bond motifs is 1. The van der Waals surface area contributed by atoms with Gasteiger partial charge in [-0.25, -0.2) is 4.90 Å². The van der Waals surface area contributed by atoms with Crippen LogP contribution in [0.25, 0.3) is 0 Å². The molecule has 0 bridgehead atoms. The fraction of sp³-hybridized carbons (Fsp3) is 0.222. The van der Waals surface area contributed by atoms with Crippen molar-refractivity contribution in [1.82, 2.24) is 5.01 Å². The molecule has 0 saturated carbocycles. The molecule has 1 fully saturated rings. The summed E-state index contributed by atoms with van der Waals surface area (Å²) in [5, 5.41) is 10.2. The summed E-state index contributed by atoms with van der Waals surface area (Å²) < 4.78 is 6.11. The van der Waals surface area contributed by atoms with Gasteiger partial charge in [0.15, 0.2) is 12.1 Å². The van der Waals surface area contributed by atoms with Gasteiger partial charge in [-0.2, -0.15) is 5.11 Å². The van der Waals surface area contributed by atoms with Crippen LogP contribution in [0.3, 0.4) is 0 Å². The van der Waals surface area contributed by atoms with Crippen LogP contribution >= 0.6 is 27.5 Å². The Morgan fingerprint density at radius 1 is 1.15 bits per heavy atom. The number of methoxy groups -OCH3 is 1. The summed E-state index contributed by atoms with van der Waals surface area (Å²) in [5.74, 6) is -0.0443. The van der Waals surface area contributed by atoms with Crippen LogP contribution in [0.2, 0.25) is 5.02 Å². The van der Waals surface area contributed by atoms with Crippen LogP contribution in [0.4, 0.5) is 5.69 Å². The number of carbonyl (C=O) groups excluding carboxylic acids is 2. The van der Waals surface area contributed by atoms with E-state index in [0.29, 0.717) is 23.0 Å². The summed E-state index contributed by atoms with van der Waals surface area (Å²) in [7, 11) is 1.59. The summed E-state index contributed by atoms with van der Waals surface area (Å²) in [6.07, 6.45) is 0. The van der Waals surface area contributed by atoms with Crippen LogP contribution in [0, 0.1) is 0 Å². The molecule has 4 rings (SSSR count). The average molecular weight is 450 g/mol. The highest BCUT2D eigenvalue weighted by molar-refractivity contribution is 9.10. The molecule has 2 atom stereocenters. The van der Waals surface area contributed by atoms with E-state index in [0.717, 1.165) is 14.9 Å². The number of anilines is 1. The molecule has 2 aliphatic rings. The number of ether oxygens (including phenoxy) is 1. The van der Waals surface area contributed by atoms with E-state index >= 15 is 0 Å². The monoisotopic (exact) mass is 448 g/mol. The Labute approximate surface area is 168 Å². The van der Waals surface area contributed by atoms with E-state index in [1.54, 1.807) is 36.4 Å². The van der Waals surface area contributed by atoms with Crippen molar-refractivity contribution in [1.29, 1.82) is 0 Å². The van der Waals surface area contributed by atoms with E-state index in [2.05, 4.69) is 26.3 Å². The predicted molar refractivity (Wildman–Crippen MR) is 103 cm³/mol. The minimum Gasteiger partial charge on any atom is -0.497 e. The maximum absolute atomic E-state index is 13.0. The van der Waals surface area contributed by atoms with Gasteiger partial charge < -0.3 is 4.74 Å². The first-order valence-electron chi connectivity index (χ1n) is 8.13. The Balaban J connectivity index is 1.61. The third-order valence-electron chi connectivity index (χ3n) is 4.53. The number of imide groups is 1. The third kappa shape index (κ3) is 3.08. The second-order valence-electron chi connectivity index (χ2n) is 6.14. The van der Waals surface area contributed by atoms with E-state index in [4.69, 9.17) is 16.3 Å². The number of hydrogen-bond acceptors (Lipinski definition) is 6. The van der Waals surface area contributed by atoms with Crippen molar-refractivity contribution in [2.24, 2.45) is 10.3 Å². The lowest BCUT2D eigenvalue weighted by Gasteiger charge is -2.21. The maximum atomic E-state index is 13.0. The van der Waals surface area contributed by atoms with Crippen molar-refractivity contribution in [2.75, 3.05) is 12.0 Å². The van der Waals surface area contributed by atoms with E-state index in [1.807, 2.05) is 18.2 Å². The molecule has 2 amide bonds. The van der Waals surface area contributed by atoms with Crippen molar-refractivity contribution in [3.8, 4) is 5.75 Å². The second-order valence-corrected chi connectivity index (χ2v) is 7.43. The Morgan fingerprint density at radius 2 is 1.89 bits per heavy atom. The molecule has 0 aromatic heterocycles. The number of hydrogen-bond donors (Lipinski definition) is 0. The van der Waals surface area contributed by atoms with Gasteiger partial charge in [-0.3, -0.25) is 14.6 Å². The lowest BCUT2D eigenvalue weighted by atomic mass is 10.1. The largest absolute Gasteiger partial charge is 0.497 e. The van der Waals surface area contributed by atoms with Gasteiger partial charge in [0.25, 0.3) is 11.8 Å². The Morgan fingerprint density at radius 3 is 2.59 bits per heavy atom. The number of nitrogens with zero attached hydrogens (tertiary/aromatic N) is 4. The molecule has 0 aliphatic carbocycles. The van der Waals surface area contributed by atoms with Gasteiger partial charge in [0.05, 0.1) is 19.3 Å². The molecular formula is C18H14BrClN4O3. The fourth-order valence-electron chi connectivity index (χ4n) is 3.17. The van der Waals surface area contributed by atoms with Crippen molar-refractivity contribution >= 4 is 45.0 Å². The predicted octanol–water partition coefficient (Wildman–Crippen LogP) is 3.60. The summed E-state index contributed by atoms with van der Waals surface area (Å²) in [5.41, 5.74) is 1.35. The molecular weight excluding hydrogens is 436 g/mol. The number of carbonyl (C=O) groups is 2. The van der Waals surface area contributed by atoms with E-state index < -0.39 is 12.1 Å². The lowest BCUT2D eigenvalue weighted by molar-refractivity contribution is -0.123. The van der Waals surface area contributed by atoms with Gasteiger partial charge in [-0.15, -0.1) is 0 Å². The first kappa shape index (κ1) is 17.9. The van der Waals surface area contributed by atoms with Crippen molar-refractivity contribution in [3.05, 3.63) is 57.5 Å². The zero-order chi connectivity index (χ0) is 19.1. The molecule has 9 heteroatoms. The highest BCUT2D eigenvalue weighted by Crippen LogP contribution is 2.34. The van der Waals surface area contributed by atoms with Crippen molar-refractivity contribution in [3.63, 3.8) is 0 Å². The van der Waals surface area contributed by atoms with E-state index in [9.17, 15) is 9.59 Å². The molecule has 2 heterocycles. The summed E-state index contributed by atoms with van der Waals surface area (Å²) >= 11 is 9.39. The molecule has 0 radical (unpaired) electrons. The first-order valence-corrected chi connectivity index (χ1v) is 9.30. The SMILES string of the molecule is COc1ccc(Br)c(CN2N=N[C@@H]3C(=O)N(c4ccc(Cl)cc4)C(=O)[C@H]32)c1. The standard InChI is InChI=1S/C18H14BrClN4O3/c1-27-13-6-7-14(19)10(8-13)9-23-16-15(21-22-23)17(25)24(18(16)26)12-4-2-11(20)3-5-12/h2-8,15-16H,9H2,1H3/t15-,16-/m0/s1. The lowest BCUT2D eigenvalue weighted by Crippen LogP contribution is -2.39. The molecule has 138 valence electrons. The van der Waals surface area contributed by atoms with Crippen LogP contribution in [0.5, 0.6) is 5.75 Å². The van der Waals surface area contributed by atoms with Gasteiger partial charge in [0, 0.05) is 9.50 Å². The van der Waals surface area contributed by atoms with Crippen LogP contribution < -0.4 is 9.64 Å². The summed E-state index contributed by atoms with van der Waals surface area (Å²) in [6.45, 7) is 0.315. The highest BCUT2D eigenvalue weighted by atomic mass is 79.9. The van der Waals surface area contributed by atoms with Crippen LogP contribution in [-0.2, 0) is 16.1 Å². The number of rotatable bonds is 4. The van der Waals surface area contributed by atoms with Gasteiger partial charge in [0.2, 0.25) is 0 Å². The average Bonchev–Trinajstić information content (AvgIpc) is 3.18. The molecule has 1 saturated heterocycles. The zero-order valence-electron chi connectivity index (χ0n) is 14.2. The Hall–Kier alpha value is -2.45. The van der Waals surface area contributed by atoms with Crippen molar-refractivity contribution < 1.29 is 14.3 Å². The minimum absolute atomic E-state index is 0.315. The van der Waals surface area contributed by atoms with Crippen LogP contribution in [0.15, 0.2) is 57.3 Å². The molecule has 2 aromatic rings. The van der Waals surface area contributed by atoms with Gasteiger partial charge in [0.1, 0.15) is 5.75 Å². The van der Waals surface area contributed by atoms with E-state index in [-0.39, 0.29) is 11.8 Å². The van der Waals surface area contributed by atoms with E-state index in [1.165, 1.54) is 0 Å². The van der Waals surface area contributed by atoms with Crippen LogP contribution in [-0.4, -0.2) is 36.0 Å². The number of benzene rings is 2. The molecule has 0 unspecified atom stereocenters. The zero-order valence-corrected chi connectivity index (χ0v) is 16.5. The topological polar surface area (TPSA) is 74.6 Å². The summed E-state index contributed by atoms with van der Waals surface area (Å²) in [4.78, 5) is 26.8. The quantitative estimate of drug-likeness (QED) is 0.669. The molecule has 0 N–H and O–H groups in total.